The van der Waals surface area contributed by atoms with Crippen LogP contribution in [0.3, 0.4) is 0 Å². The third-order valence-electron chi connectivity index (χ3n) is 5.50. The summed E-state index contributed by atoms with van der Waals surface area (Å²) >= 11 is 0. The highest BCUT2D eigenvalue weighted by Crippen LogP contribution is 2.21. The molecule has 3 rings (SSSR count). The van der Waals surface area contributed by atoms with Gasteiger partial charge in [-0.15, -0.1) is 0 Å². The summed E-state index contributed by atoms with van der Waals surface area (Å²) in [6.07, 6.45) is 4.84. The number of piperidine rings is 1. The van der Waals surface area contributed by atoms with Crippen LogP contribution in [-0.2, 0) is 13.1 Å². The highest BCUT2D eigenvalue weighted by molar-refractivity contribution is 5.27. The summed E-state index contributed by atoms with van der Waals surface area (Å²) in [6, 6.07) is 9.78. The quantitative estimate of drug-likeness (QED) is 0.840. The first-order chi connectivity index (χ1) is 11.3. The van der Waals surface area contributed by atoms with Crippen LogP contribution in [0.15, 0.2) is 24.3 Å². The van der Waals surface area contributed by atoms with Crippen molar-refractivity contribution >= 4 is 0 Å². The van der Waals surface area contributed by atoms with Gasteiger partial charge in [-0.2, -0.15) is 0 Å². The monoisotopic (exact) mass is 317 g/mol. The van der Waals surface area contributed by atoms with E-state index < -0.39 is 0 Å². The summed E-state index contributed by atoms with van der Waals surface area (Å²) in [4.78, 5) is 4.85. The van der Waals surface area contributed by atoms with Crippen LogP contribution in [0, 0.1) is 0 Å². The third kappa shape index (κ3) is 4.54. The Morgan fingerprint density at radius 2 is 1.83 bits per heavy atom. The van der Waals surface area contributed by atoms with Crippen LogP contribution in [0.1, 0.15) is 36.8 Å². The topological polar surface area (TPSA) is 38.7 Å². The Labute approximate surface area is 140 Å². The zero-order valence-electron chi connectivity index (χ0n) is 14.4. The van der Waals surface area contributed by atoms with E-state index in [9.17, 15) is 5.11 Å². The zero-order valence-corrected chi connectivity index (χ0v) is 14.4. The molecule has 2 N–H and O–H groups in total. The predicted molar refractivity (Wildman–Crippen MR) is 94.3 cm³/mol. The lowest BCUT2D eigenvalue weighted by Gasteiger charge is -2.30. The predicted octanol–water partition coefficient (Wildman–Crippen LogP) is 1.83. The van der Waals surface area contributed by atoms with Crippen LogP contribution < -0.4 is 5.32 Å². The molecule has 2 fully saturated rings. The first-order valence-electron chi connectivity index (χ1n) is 9.10. The summed E-state index contributed by atoms with van der Waals surface area (Å²) in [5.74, 6) is 0. The first kappa shape index (κ1) is 16.9. The number of benzene rings is 1. The minimum Gasteiger partial charge on any atom is -0.395 e. The summed E-state index contributed by atoms with van der Waals surface area (Å²) in [6.45, 7) is 5.73. The molecule has 0 bridgehead atoms. The van der Waals surface area contributed by atoms with Crippen molar-refractivity contribution in [3.63, 3.8) is 0 Å². The van der Waals surface area contributed by atoms with Gasteiger partial charge in [-0.1, -0.05) is 24.3 Å². The number of hydrogen-bond acceptors (Lipinski definition) is 4. The molecule has 1 atom stereocenters. The van der Waals surface area contributed by atoms with Crippen LogP contribution in [0.4, 0.5) is 0 Å². The van der Waals surface area contributed by atoms with E-state index in [1.54, 1.807) is 0 Å². The average molecular weight is 317 g/mol. The fourth-order valence-electron chi connectivity index (χ4n) is 3.88. The number of nitrogens with zero attached hydrogens (tertiary/aromatic N) is 2. The van der Waals surface area contributed by atoms with Crippen LogP contribution in [0.5, 0.6) is 0 Å². The summed E-state index contributed by atoms with van der Waals surface area (Å²) in [5, 5.41) is 13.3. The Bertz CT molecular complexity index is 485. The molecule has 0 spiro atoms. The molecular formula is C19H31N3O. The van der Waals surface area contributed by atoms with Gasteiger partial charge < -0.3 is 15.3 Å². The fourth-order valence-corrected chi connectivity index (χ4v) is 3.88. The van der Waals surface area contributed by atoms with Gasteiger partial charge in [0, 0.05) is 25.2 Å². The summed E-state index contributed by atoms with van der Waals surface area (Å²) < 4.78 is 0. The molecule has 1 aromatic carbocycles. The molecular weight excluding hydrogens is 286 g/mol. The Balaban J connectivity index is 1.57. The molecule has 4 heteroatoms. The molecule has 2 heterocycles. The molecule has 1 aromatic rings. The molecule has 23 heavy (non-hydrogen) atoms. The molecule has 2 aliphatic heterocycles. The summed E-state index contributed by atoms with van der Waals surface area (Å²) in [5.41, 5.74) is 2.82. The third-order valence-corrected chi connectivity index (χ3v) is 5.50. The Morgan fingerprint density at radius 1 is 1.09 bits per heavy atom. The smallest absolute Gasteiger partial charge is 0.0587 e. The SMILES string of the molecule is CN1CCC(NCc2ccccc2CN2CCC[C@@H]2CO)CC1. The van der Waals surface area contributed by atoms with Crippen molar-refractivity contribution in [1.29, 1.82) is 0 Å². The van der Waals surface area contributed by atoms with E-state index in [-0.39, 0.29) is 6.61 Å². The van der Waals surface area contributed by atoms with E-state index in [0.29, 0.717) is 12.1 Å². The minimum atomic E-state index is 0.288. The maximum atomic E-state index is 9.52. The standard InChI is InChI=1S/C19H31N3O/c1-21-11-8-18(9-12-21)20-13-16-5-2-3-6-17(16)14-22-10-4-7-19(22)15-23/h2-3,5-6,18-20,23H,4,7-15H2,1H3/t19-/m1/s1. The van der Waals surface area contributed by atoms with Crippen molar-refractivity contribution in [2.45, 2.75) is 50.9 Å². The lowest BCUT2D eigenvalue weighted by molar-refractivity contribution is 0.153. The number of nitrogens with one attached hydrogen (secondary N) is 1. The zero-order chi connectivity index (χ0) is 16.1. The van der Waals surface area contributed by atoms with Gasteiger partial charge in [-0.05, 0) is 63.5 Å². The Hall–Kier alpha value is -0.940. The van der Waals surface area contributed by atoms with E-state index in [0.717, 1.165) is 26.1 Å². The molecule has 0 aromatic heterocycles. The van der Waals surface area contributed by atoms with Gasteiger partial charge in [-0.3, -0.25) is 4.90 Å². The molecule has 2 saturated heterocycles. The maximum absolute atomic E-state index is 9.52. The molecule has 0 unspecified atom stereocenters. The van der Waals surface area contributed by atoms with E-state index in [2.05, 4.69) is 46.4 Å². The van der Waals surface area contributed by atoms with E-state index in [1.165, 1.54) is 43.5 Å². The van der Waals surface area contributed by atoms with Crippen molar-refractivity contribution in [3.8, 4) is 0 Å². The number of aliphatic hydroxyl groups excluding tert-OH is 1. The maximum Gasteiger partial charge on any atom is 0.0587 e. The molecule has 2 aliphatic rings. The summed E-state index contributed by atoms with van der Waals surface area (Å²) in [7, 11) is 2.21. The normalized spacial score (nSPS) is 24.3. The van der Waals surface area contributed by atoms with Crippen molar-refractivity contribution in [3.05, 3.63) is 35.4 Å². The van der Waals surface area contributed by atoms with Gasteiger partial charge in [-0.25, -0.2) is 0 Å². The fraction of sp³-hybridized carbons (Fsp3) is 0.684. The second kappa shape index (κ2) is 8.25. The van der Waals surface area contributed by atoms with Crippen LogP contribution in [-0.4, -0.2) is 60.3 Å². The van der Waals surface area contributed by atoms with Crippen LogP contribution in [0.25, 0.3) is 0 Å². The van der Waals surface area contributed by atoms with Gasteiger partial charge in [0.2, 0.25) is 0 Å². The van der Waals surface area contributed by atoms with E-state index >= 15 is 0 Å². The molecule has 0 amide bonds. The van der Waals surface area contributed by atoms with Gasteiger partial charge in [0.15, 0.2) is 0 Å². The van der Waals surface area contributed by atoms with Crippen molar-refractivity contribution in [2.24, 2.45) is 0 Å². The number of hydrogen-bond donors (Lipinski definition) is 2. The molecule has 4 nitrogen and oxygen atoms in total. The number of aliphatic hydroxyl groups is 1. The Kier molecular flexibility index (Phi) is 6.06. The highest BCUT2D eigenvalue weighted by atomic mass is 16.3. The Morgan fingerprint density at radius 3 is 2.57 bits per heavy atom. The van der Waals surface area contributed by atoms with Crippen molar-refractivity contribution < 1.29 is 5.11 Å². The van der Waals surface area contributed by atoms with Gasteiger partial charge in [0.05, 0.1) is 6.61 Å². The first-order valence-corrected chi connectivity index (χ1v) is 9.10. The lowest BCUT2D eigenvalue weighted by atomic mass is 10.0. The average Bonchev–Trinajstić information content (AvgIpc) is 3.03. The molecule has 128 valence electrons. The second-order valence-corrected chi connectivity index (χ2v) is 7.18. The molecule has 0 saturated carbocycles. The van der Waals surface area contributed by atoms with Crippen LogP contribution in [0.2, 0.25) is 0 Å². The van der Waals surface area contributed by atoms with Crippen molar-refractivity contribution in [2.75, 3.05) is 33.3 Å². The van der Waals surface area contributed by atoms with Gasteiger partial charge >= 0.3 is 0 Å². The number of rotatable bonds is 6. The van der Waals surface area contributed by atoms with Gasteiger partial charge in [0.25, 0.3) is 0 Å². The molecule has 0 aliphatic carbocycles. The molecule has 0 radical (unpaired) electrons. The van der Waals surface area contributed by atoms with Crippen LogP contribution >= 0.6 is 0 Å². The van der Waals surface area contributed by atoms with E-state index in [4.69, 9.17) is 0 Å². The van der Waals surface area contributed by atoms with Crippen molar-refractivity contribution in [1.82, 2.24) is 15.1 Å². The minimum absolute atomic E-state index is 0.288. The lowest BCUT2D eigenvalue weighted by Crippen LogP contribution is -2.40. The number of likely N-dealkylation sites (tertiary alicyclic amines) is 2. The van der Waals surface area contributed by atoms with E-state index in [1.807, 2.05) is 0 Å². The van der Waals surface area contributed by atoms with Gasteiger partial charge in [0.1, 0.15) is 0 Å². The largest absolute Gasteiger partial charge is 0.395 e. The second-order valence-electron chi connectivity index (χ2n) is 7.18. The highest BCUT2D eigenvalue weighted by Gasteiger charge is 2.24.